The number of hydrogen-bond donors (Lipinski definition) is 1. The zero-order valence-electron chi connectivity index (χ0n) is 8.36. The molecule has 0 saturated carbocycles. The number of aromatic nitrogens is 2. The number of non-ortho nitro benzene ring substituents is 1. The first kappa shape index (κ1) is 11.1. The van der Waals surface area contributed by atoms with Crippen molar-refractivity contribution < 1.29 is 9.72 Å². The first-order valence-corrected chi connectivity index (χ1v) is 5.27. The van der Waals surface area contributed by atoms with E-state index < -0.39 is 10.8 Å². The van der Waals surface area contributed by atoms with Crippen LogP contribution in [0.1, 0.15) is 10.4 Å². The van der Waals surface area contributed by atoms with Crippen LogP contribution in [0.2, 0.25) is 0 Å². The maximum atomic E-state index is 11.7. The van der Waals surface area contributed by atoms with Gasteiger partial charge >= 0.3 is 0 Å². The zero-order chi connectivity index (χ0) is 12.3. The quantitative estimate of drug-likeness (QED) is 0.660. The van der Waals surface area contributed by atoms with E-state index in [9.17, 15) is 14.9 Å². The Morgan fingerprint density at radius 2 is 2.29 bits per heavy atom. The Labute approximate surface area is 99.4 Å². The monoisotopic (exact) mass is 250 g/mol. The van der Waals surface area contributed by atoms with Crippen LogP contribution in [-0.2, 0) is 0 Å². The molecular weight excluding hydrogens is 244 g/mol. The van der Waals surface area contributed by atoms with Crippen molar-refractivity contribution in [2.24, 2.45) is 0 Å². The van der Waals surface area contributed by atoms with Gasteiger partial charge in [0.05, 0.1) is 11.1 Å². The number of rotatable bonds is 3. The van der Waals surface area contributed by atoms with Gasteiger partial charge in [0.2, 0.25) is 0 Å². The normalized spacial score (nSPS) is 9.88. The summed E-state index contributed by atoms with van der Waals surface area (Å²) in [6.45, 7) is 0. The first-order valence-electron chi connectivity index (χ1n) is 4.50. The lowest BCUT2D eigenvalue weighted by molar-refractivity contribution is -0.384. The highest BCUT2D eigenvalue weighted by atomic mass is 32.1. The lowest BCUT2D eigenvalue weighted by atomic mass is 10.2. The van der Waals surface area contributed by atoms with Crippen LogP contribution in [-0.4, -0.2) is 20.4 Å². The number of amides is 1. The molecule has 1 heterocycles. The molecule has 0 saturated heterocycles. The van der Waals surface area contributed by atoms with Gasteiger partial charge < -0.3 is 5.32 Å². The molecule has 17 heavy (non-hydrogen) atoms. The van der Waals surface area contributed by atoms with Crippen molar-refractivity contribution in [3.8, 4) is 0 Å². The second-order valence-corrected chi connectivity index (χ2v) is 3.83. The SMILES string of the molecule is O=C(Nc1cnns1)c1cccc([N+](=O)[O-])c1. The number of carbonyl (C=O) groups excluding carboxylic acids is 1. The number of benzene rings is 1. The molecule has 0 spiro atoms. The Bertz CT molecular complexity index is 555. The second-order valence-electron chi connectivity index (χ2n) is 3.04. The van der Waals surface area contributed by atoms with E-state index in [0.717, 1.165) is 11.5 Å². The lowest BCUT2D eigenvalue weighted by Crippen LogP contribution is -2.11. The summed E-state index contributed by atoms with van der Waals surface area (Å²) in [6.07, 6.45) is 1.40. The molecular formula is C9H6N4O3S. The maximum Gasteiger partial charge on any atom is 0.270 e. The molecule has 1 amide bonds. The minimum Gasteiger partial charge on any atom is -0.311 e. The average molecular weight is 250 g/mol. The fraction of sp³-hybridized carbons (Fsp3) is 0. The Kier molecular flexibility index (Phi) is 3.06. The fourth-order valence-electron chi connectivity index (χ4n) is 1.17. The molecule has 1 aromatic heterocycles. The number of anilines is 1. The molecule has 8 heteroatoms. The highest BCUT2D eigenvalue weighted by Crippen LogP contribution is 2.16. The predicted octanol–water partition coefficient (Wildman–Crippen LogP) is 1.70. The van der Waals surface area contributed by atoms with Crippen LogP contribution in [0.15, 0.2) is 30.5 Å². The minimum absolute atomic E-state index is 0.125. The van der Waals surface area contributed by atoms with Gasteiger partial charge in [-0.2, -0.15) is 0 Å². The number of nitrogens with zero attached hydrogens (tertiary/aromatic N) is 3. The minimum atomic E-state index is -0.551. The summed E-state index contributed by atoms with van der Waals surface area (Å²) in [5, 5.41) is 17.1. The summed E-state index contributed by atoms with van der Waals surface area (Å²) in [5.74, 6) is -0.431. The van der Waals surface area contributed by atoms with Gasteiger partial charge in [0.15, 0.2) is 0 Å². The molecule has 0 fully saturated rings. The number of nitro groups is 1. The van der Waals surface area contributed by atoms with E-state index in [2.05, 4.69) is 14.9 Å². The molecule has 0 aliphatic carbocycles. The van der Waals surface area contributed by atoms with E-state index in [1.807, 2.05) is 0 Å². The smallest absolute Gasteiger partial charge is 0.270 e. The second kappa shape index (κ2) is 4.66. The summed E-state index contributed by atoms with van der Waals surface area (Å²) < 4.78 is 3.58. The van der Waals surface area contributed by atoms with E-state index in [1.165, 1.54) is 30.5 Å². The van der Waals surface area contributed by atoms with Gasteiger partial charge in [-0.05, 0) is 6.07 Å². The Hall–Kier alpha value is -2.35. The van der Waals surface area contributed by atoms with Crippen LogP contribution in [0.25, 0.3) is 0 Å². The highest BCUT2D eigenvalue weighted by molar-refractivity contribution is 7.10. The summed E-state index contributed by atoms with van der Waals surface area (Å²) >= 11 is 1.03. The third kappa shape index (κ3) is 2.61. The molecule has 0 atom stereocenters. The molecule has 2 aromatic rings. The van der Waals surface area contributed by atoms with Crippen LogP contribution >= 0.6 is 11.5 Å². The van der Waals surface area contributed by atoms with Crippen molar-refractivity contribution in [3.05, 3.63) is 46.1 Å². The zero-order valence-corrected chi connectivity index (χ0v) is 9.18. The van der Waals surface area contributed by atoms with Crippen molar-refractivity contribution in [1.82, 2.24) is 9.59 Å². The average Bonchev–Trinajstić information content (AvgIpc) is 2.82. The number of nitro benzene ring substituents is 1. The number of nitrogens with one attached hydrogen (secondary N) is 1. The van der Waals surface area contributed by atoms with Gasteiger partial charge in [-0.25, -0.2) is 0 Å². The van der Waals surface area contributed by atoms with Gasteiger partial charge in [0.1, 0.15) is 5.00 Å². The summed E-state index contributed by atoms with van der Waals surface area (Å²) in [7, 11) is 0. The molecule has 7 nitrogen and oxygen atoms in total. The first-order chi connectivity index (χ1) is 8.16. The van der Waals surface area contributed by atoms with Crippen LogP contribution in [0, 0.1) is 10.1 Å². The molecule has 0 bridgehead atoms. The third-order valence-electron chi connectivity index (χ3n) is 1.92. The standard InChI is InChI=1S/C9H6N4O3S/c14-9(11-8-5-10-12-17-8)6-2-1-3-7(4-6)13(15)16/h1-5H,(H,11,14). The molecule has 2 rings (SSSR count). The molecule has 0 aliphatic heterocycles. The summed E-state index contributed by atoms with van der Waals surface area (Å²) in [4.78, 5) is 21.7. The molecule has 0 unspecified atom stereocenters. The van der Waals surface area contributed by atoms with Crippen molar-refractivity contribution in [2.75, 3.05) is 5.32 Å². The maximum absolute atomic E-state index is 11.7. The van der Waals surface area contributed by atoms with Crippen molar-refractivity contribution in [1.29, 1.82) is 0 Å². The van der Waals surface area contributed by atoms with Crippen LogP contribution in [0.4, 0.5) is 10.7 Å². The van der Waals surface area contributed by atoms with E-state index in [0.29, 0.717) is 5.00 Å². The summed E-state index contributed by atoms with van der Waals surface area (Å²) in [5.41, 5.74) is 0.0904. The van der Waals surface area contributed by atoms with Gasteiger partial charge in [0.25, 0.3) is 11.6 Å². The van der Waals surface area contributed by atoms with Gasteiger partial charge in [-0.3, -0.25) is 14.9 Å². The molecule has 0 aliphatic rings. The highest BCUT2D eigenvalue weighted by Gasteiger charge is 2.12. The van der Waals surface area contributed by atoms with Crippen molar-refractivity contribution in [3.63, 3.8) is 0 Å². The molecule has 86 valence electrons. The Balaban J connectivity index is 2.19. The van der Waals surface area contributed by atoms with Crippen molar-refractivity contribution in [2.45, 2.75) is 0 Å². The third-order valence-corrected chi connectivity index (χ3v) is 2.50. The topological polar surface area (TPSA) is 98.0 Å². The predicted molar refractivity (Wildman–Crippen MR) is 61.0 cm³/mol. The summed E-state index contributed by atoms with van der Waals surface area (Å²) in [6, 6.07) is 5.49. The number of hydrogen-bond acceptors (Lipinski definition) is 6. The van der Waals surface area contributed by atoms with E-state index in [4.69, 9.17) is 0 Å². The fourth-order valence-corrected chi connectivity index (χ4v) is 1.58. The molecule has 1 aromatic carbocycles. The van der Waals surface area contributed by atoms with Gasteiger partial charge in [-0.15, -0.1) is 5.10 Å². The van der Waals surface area contributed by atoms with Crippen LogP contribution in [0.5, 0.6) is 0 Å². The largest absolute Gasteiger partial charge is 0.311 e. The van der Waals surface area contributed by atoms with E-state index >= 15 is 0 Å². The number of carbonyl (C=O) groups is 1. The Morgan fingerprint density at radius 3 is 2.94 bits per heavy atom. The van der Waals surface area contributed by atoms with Gasteiger partial charge in [0, 0.05) is 29.2 Å². The lowest BCUT2D eigenvalue weighted by Gasteiger charge is -2.00. The van der Waals surface area contributed by atoms with Crippen LogP contribution in [0.3, 0.4) is 0 Å². The van der Waals surface area contributed by atoms with E-state index in [1.54, 1.807) is 0 Å². The van der Waals surface area contributed by atoms with Crippen molar-refractivity contribution >= 4 is 28.1 Å². The van der Waals surface area contributed by atoms with Crippen LogP contribution < -0.4 is 5.32 Å². The molecule has 1 N–H and O–H groups in total. The molecule has 0 radical (unpaired) electrons. The van der Waals surface area contributed by atoms with E-state index in [-0.39, 0.29) is 11.3 Å². The van der Waals surface area contributed by atoms with Gasteiger partial charge in [-0.1, -0.05) is 10.6 Å². The Morgan fingerprint density at radius 1 is 1.47 bits per heavy atom.